The molecule has 0 unspecified atom stereocenters. The standard InChI is InChI=1S/C14H15NO2S/c1-7-5-8(2)10(4)11(9(7)3)12-13(14(16)17)18-6-15-12/h5-6H,1-4H3,(H,16,17). The Morgan fingerprint density at radius 3 is 2.22 bits per heavy atom. The van der Waals surface area contributed by atoms with Gasteiger partial charge in [-0.05, 0) is 49.9 Å². The van der Waals surface area contributed by atoms with E-state index < -0.39 is 5.97 Å². The number of carbonyl (C=O) groups is 1. The van der Waals surface area contributed by atoms with Gasteiger partial charge in [0.25, 0.3) is 0 Å². The molecule has 1 aromatic heterocycles. The van der Waals surface area contributed by atoms with E-state index in [1.807, 2.05) is 27.7 Å². The number of hydrogen-bond donors (Lipinski definition) is 1. The number of thiazole rings is 1. The van der Waals surface area contributed by atoms with Crippen LogP contribution in [0.25, 0.3) is 11.3 Å². The average Bonchev–Trinajstić information content (AvgIpc) is 2.76. The SMILES string of the molecule is Cc1cc(C)c(C)c(-c2ncsc2C(=O)O)c1C. The summed E-state index contributed by atoms with van der Waals surface area (Å²) in [6.07, 6.45) is 0. The average molecular weight is 261 g/mol. The van der Waals surface area contributed by atoms with Gasteiger partial charge in [0, 0.05) is 5.56 Å². The number of aromatic nitrogens is 1. The molecule has 0 radical (unpaired) electrons. The molecule has 94 valence electrons. The third-order valence-corrected chi connectivity index (χ3v) is 4.18. The third kappa shape index (κ3) is 1.93. The van der Waals surface area contributed by atoms with Gasteiger partial charge in [0.1, 0.15) is 4.88 Å². The molecule has 4 heteroatoms. The van der Waals surface area contributed by atoms with Crippen molar-refractivity contribution in [1.29, 1.82) is 0 Å². The highest BCUT2D eigenvalue weighted by molar-refractivity contribution is 7.12. The number of carboxylic acid groups (broad SMARTS) is 1. The van der Waals surface area contributed by atoms with Crippen molar-refractivity contribution in [2.45, 2.75) is 27.7 Å². The zero-order chi connectivity index (χ0) is 13.4. The van der Waals surface area contributed by atoms with Crippen LogP contribution in [0.5, 0.6) is 0 Å². The maximum atomic E-state index is 11.2. The lowest BCUT2D eigenvalue weighted by Gasteiger charge is -2.14. The molecule has 0 fully saturated rings. The molecular formula is C14H15NO2S. The molecule has 0 saturated carbocycles. The number of carboxylic acids is 1. The molecule has 3 nitrogen and oxygen atoms in total. The second kappa shape index (κ2) is 4.53. The van der Waals surface area contributed by atoms with Crippen LogP contribution in [0.1, 0.15) is 31.9 Å². The molecule has 1 N–H and O–H groups in total. The number of aromatic carboxylic acids is 1. The van der Waals surface area contributed by atoms with Crippen LogP contribution in [0.3, 0.4) is 0 Å². The maximum Gasteiger partial charge on any atom is 0.348 e. The summed E-state index contributed by atoms with van der Waals surface area (Å²) in [5.74, 6) is -0.912. The molecule has 18 heavy (non-hydrogen) atoms. The molecule has 0 bridgehead atoms. The first-order valence-electron chi connectivity index (χ1n) is 5.68. The summed E-state index contributed by atoms with van der Waals surface area (Å²) in [5.41, 5.74) is 7.68. The lowest BCUT2D eigenvalue weighted by Crippen LogP contribution is -2.00. The highest BCUT2D eigenvalue weighted by atomic mass is 32.1. The smallest absolute Gasteiger partial charge is 0.348 e. The predicted molar refractivity (Wildman–Crippen MR) is 73.5 cm³/mol. The minimum absolute atomic E-state index is 0.311. The van der Waals surface area contributed by atoms with Crippen molar-refractivity contribution in [1.82, 2.24) is 4.98 Å². The van der Waals surface area contributed by atoms with Crippen molar-refractivity contribution in [2.24, 2.45) is 0 Å². The largest absolute Gasteiger partial charge is 0.477 e. The van der Waals surface area contributed by atoms with Gasteiger partial charge in [0.05, 0.1) is 11.2 Å². The molecular weight excluding hydrogens is 246 g/mol. The number of nitrogens with zero attached hydrogens (tertiary/aromatic N) is 1. The van der Waals surface area contributed by atoms with Crippen molar-refractivity contribution in [2.75, 3.05) is 0 Å². The number of aryl methyl sites for hydroxylation is 2. The first-order valence-corrected chi connectivity index (χ1v) is 6.56. The highest BCUT2D eigenvalue weighted by Crippen LogP contribution is 2.34. The normalized spacial score (nSPS) is 10.7. The molecule has 1 heterocycles. The lowest BCUT2D eigenvalue weighted by molar-refractivity contribution is 0.0702. The summed E-state index contributed by atoms with van der Waals surface area (Å²) in [4.78, 5) is 15.8. The van der Waals surface area contributed by atoms with E-state index in [0.717, 1.165) is 27.8 Å². The molecule has 2 aromatic rings. The van der Waals surface area contributed by atoms with Crippen LogP contribution in [-0.2, 0) is 0 Å². The molecule has 0 saturated heterocycles. The van der Waals surface area contributed by atoms with Gasteiger partial charge < -0.3 is 5.11 Å². The molecule has 0 aliphatic carbocycles. The van der Waals surface area contributed by atoms with Crippen molar-refractivity contribution in [3.05, 3.63) is 38.7 Å². The second-order valence-electron chi connectivity index (χ2n) is 4.47. The zero-order valence-electron chi connectivity index (χ0n) is 10.9. The minimum atomic E-state index is -0.912. The summed E-state index contributed by atoms with van der Waals surface area (Å²) in [6.45, 7) is 8.11. The van der Waals surface area contributed by atoms with Gasteiger partial charge in [-0.1, -0.05) is 6.07 Å². The molecule has 2 rings (SSSR count). The number of hydrogen-bond acceptors (Lipinski definition) is 3. The molecule has 0 spiro atoms. The summed E-state index contributed by atoms with van der Waals surface area (Å²) < 4.78 is 0. The van der Waals surface area contributed by atoms with Crippen LogP contribution in [0.4, 0.5) is 0 Å². The van der Waals surface area contributed by atoms with Crippen LogP contribution in [0.15, 0.2) is 11.6 Å². The Labute approximate surface area is 110 Å². The summed E-state index contributed by atoms with van der Waals surface area (Å²) >= 11 is 1.17. The van der Waals surface area contributed by atoms with Gasteiger partial charge in [0.15, 0.2) is 0 Å². The van der Waals surface area contributed by atoms with Gasteiger partial charge in [-0.2, -0.15) is 0 Å². The van der Waals surface area contributed by atoms with Crippen molar-refractivity contribution < 1.29 is 9.90 Å². The zero-order valence-corrected chi connectivity index (χ0v) is 11.7. The van der Waals surface area contributed by atoms with Crippen LogP contribution in [-0.4, -0.2) is 16.1 Å². The first-order chi connectivity index (χ1) is 8.43. The Morgan fingerprint density at radius 1 is 1.17 bits per heavy atom. The molecule has 1 aromatic carbocycles. The van der Waals surface area contributed by atoms with Crippen molar-refractivity contribution >= 4 is 17.3 Å². The van der Waals surface area contributed by atoms with Crippen LogP contribution in [0.2, 0.25) is 0 Å². The van der Waals surface area contributed by atoms with E-state index in [9.17, 15) is 9.90 Å². The Bertz CT molecular complexity index is 603. The molecule has 0 atom stereocenters. The minimum Gasteiger partial charge on any atom is -0.477 e. The maximum absolute atomic E-state index is 11.2. The Morgan fingerprint density at radius 2 is 1.72 bits per heavy atom. The van der Waals surface area contributed by atoms with Gasteiger partial charge in [-0.3, -0.25) is 0 Å². The number of benzene rings is 1. The van der Waals surface area contributed by atoms with E-state index in [2.05, 4.69) is 11.1 Å². The monoisotopic (exact) mass is 261 g/mol. The van der Waals surface area contributed by atoms with Crippen LogP contribution in [0, 0.1) is 27.7 Å². The first kappa shape index (κ1) is 12.8. The summed E-state index contributed by atoms with van der Waals surface area (Å²) in [7, 11) is 0. The molecule has 0 aliphatic rings. The van der Waals surface area contributed by atoms with Gasteiger partial charge in [0.2, 0.25) is 0 Å². The van der Waals surface area contributed by atoms with Gasteiger partial charge in [-0.15, -0.1) is 11.3 Å². The second-order valence-corrected chi connectivity index (χ2v) is 5.33. The van der Waals surface area contributed by atoms with Crippen LogP contribution < -0.4 is 0 Å². The van der Waals surface area contributed by atoms with E-state index in [4.69, 9.17) is 0 Å². The van der Waals surface area contributed by atoms with Crippen molar-refractivity contribution in [3.63, 3.8) is 0 Å². The number of rotatable bonds is 2. The Kier molecular flexibility index (Phi) is 3.22. The van der Waals surface area contributed by atoms with Gasteiger partial charge in [-0.25, -0.2) is 9.78 Å². The third-order valence-electron chi connectivity index (χ3n) is 3.36. The molecule has 0 aliphatic heterocycles. The van der Waals surface area contributed by atoms with Crippen LogP contribution >= 0.6 is 11.3 Å². The fraction of sp³-hybridized carbons (Fsp3) is 0.286. The fourth-order valence-corrected chi connectivity index (χ4v) is 2.78. The predicted octanol–water partition coefficient (Wildman–Crippen LogP) is 3.74. The quantitative estimate of drug-likeness (QED) is 0.895. The Hall–Kier alpha value is -1.68. The summed E-state index contributed by atoms with van der Waals surface area (Å²) in [5, 5.41) is 9.21. The highest BCUT2D eigenvalue weighted by Gasteiger charge is 2.20. The fourth-order valence-electron chi connectivity index (χ4n) is 2.15. The topological polar surface area (TPSA) is 50.2 Å². The Balaban J connectivity index is 2.79. The molecule has 0 amide bonds. The lowest BCUT2D eigenvalue weighted by atomic mass is 9.92. The van der Waals surface area contributed by atoms with E-state index in [-0.39, 0.29) is 0 Å². The van der Waals surface area contributed by atoms with Crippen molar-refractivity contribution in [3.8, 4) is 11.3 Å². The van der Waals surface area contributed by atoms with E-state index in [1.165, 1.54) is 11.3 Å². The van der Waals surface area contributed by atoms with Gasteiger partial charge >= 0.3 is 5.97 Å². The van der Waals surface area contributed by atoms with E-state index >= 15 is 0 Å². The van der Waals surface area contributed by atoms with E-state index in [1.54, 1.807) is 5.51 Å². The van der Waals surface area contributed by atoms with E-state index in [0.29, 0.717) is 10.6 Å². The summed E-state index contributed by atoms with van der Waals surface area (Å²) in [6, 6.07) is 2.13.